The van der Waals surface area contributed by atoms with Crippen molar-refractivity contribution >= 4 is 22.6 Å². The number of hydrogen-bond donors (Lipinski definition) is 1. The first kappa shape index (κ1) is 17.4. The number of unbranched alkanes of at least 4 members (excludes halogenated alkanes) is 1. The van der Waals surface area contributed by atoms with Gasteiger partial charge in [-0.3, -0.25) is 5.73 Å². The molecule has 0 aromatic heterocycles. The van der Waals surface area contributed by atoms with E-state index in [2.05, 4.69) is 50.4 Å². The minimum atomic E-state index is 0.245. The molecule has 0 aliphatic rings. The average molecular weight is 454 g/mol. The average Bonchev–Trinajstić information content (AvgIpc) is 2.27. The van der Waals surface area contributed by atoms with Crippen molar-refractivity contribution in [2.45, 2.75) is 52.2 Å². The van der Waals surface area contributed by atoms with E-state index < -0.39 is 0 Å². The summed E-state index contributed by atoms with van der Waals surface area (Å²) in [6.07, 6.45) is 4.40. The Balaban J connectivity index is 3.89. The molecule has 3 atom stereocenters. The zero-order valence-corrected chi connectivity index (χ0v) is 15.5. The minimum absolute atomic E-state index is 0.245. The zero-order chi connectivity index (χ0) is 12.6. The van der Waals surface area contributed by atoms with Crippen LogP contribution in [0.15, 0.2) is 0 Å². The monoisotopic (exact) mass is 454 g/mol. The Morgan fingerprint density at radius 3 is 2.38 bits per heavy atom. The summed E-state index contributed by atoms with van der Waals surface area (Å²) in [6, 6.07) is 0.691. The number of hydrogen-bond acceptors (Lipinski definition) is 1. The molecule has 0 aromatic rings. The van der Waals surface area contributed by atoms with Crippen molar-refractivity contribution in [2.24, 2.45) is 5.73 Å². The molecule has 0 fully saturated rings. The van der Waals surface area contributed by atoms with Crippen LogP contribution in [0.1, 0.15) is 40.0 Å². The van der Waals surface area contributed by atoms with Crippen LogP contribution in [0.4, 0.5) is 0 Å². The second-order valence-electron chi connectivity index (χ2n) is 4.70. The molecule has 0 amide bonds. The molecule has 0 saturated carbocycles. The minimum Gasteiger partial charge on any atom is -0.301 e. The second-order valence-corrected chi connectivity index (χ2v) is 9.06. The van der Waals surface area contributed by atoms with E-state index in [4.69, 9.17) is 5.73 Å². The molecule has 0 aliphatic heterocycles. The third-order valence-electron chi connectivity index (χ3n) is 3.52. The maximum atomic E-state index is 6.11. The van der Waals surface area contributed by atoms with Crippen LogP contribution in [-0.2, 0) is 0 Å². The summed E-state index contributed by atoms with van der Waals surface area (Å²) in [7, 11) is 2.29. The normalized spacial score (nSPS) is 19.1. The molecule has 98 valence electrons. The summed E-state index contributed by atoms with van der Waals surface area (Å²) in [5.74, 6) is 0. The lowest BCUT2D eigenvalue weighted by molar-refractivity contribution is -0.938. The topological polar surface area (TPSA) is 26.0 Å². The van der Waals surface area contributed by atoms with E-state index in [9.17, 15) is 0 Å². The molecule has 0 aromatic carbocycles. The highest BCUT2D eigenvalue weighted by atomic mass is 127. The summed E-state index contributed by atoms with van der Waals surface area (Å²) < 4.78 is 5.06. The van der Waals surface area contributed by atoms with Gasteiger partial charge in [0.05, 0.1) is 13.1 Å². The fraction of sp³-hybridized carbons (Fsp3) is 1.00. The van der Waals surface area contributed by atoms with Gasteiger partial charge < -0.3 is 4.48 Å². The van der Waals surface area contributed by atoms with Crippen LogP contribution in [0.25, 0.3) is 0 Å². The first-order valence-electron chi connectivity index (χ1n) is 6.19. The molecule has 0 spiro atoms. The SMILES string of the molecule is CC[I+]CCCCC(C)[N+](C)(CI)C(C)N. The standard InChI is InChI=1S/C12H28I2N2/c1-5-14-9-7-6-8-11(2)16(4,10-13)12(3)15/h11-12H,5-10,15H2,1-4H3/q+2. The third-order valence-corrected chi connectivity index (χ3v) is 7.60. The lowest BCUT2D eigenvalue weighted by atomic mass is 10.1. The van der Waals surface area contributed by atoms with Gasteiger partial charge in [0.1, 0.15) is 19.6 Å². The highest BCUT2D eigenvalue weighted by molar-refractivity contribution is 14.1. The first-order valence-corrected chi connectivity index (χ1v) is 10.8. The predicted octanol–water partition coefficient (Wildman–Crippen LogP) is -0.202. The maximum absolute atomic E-state index is 6.11. The number of halogens is 2. The van der Waals surface area contributed by atoms with Gasteiger partial charge in [0, 0.05) is 6.92 Å². The smallest absolute Gasteiger partial charge is 0.268 e. The molecular formula is C12H28I2N2+2. The molecule has 16 heavy (non-hydrogen) atoms. The van der Waals surface area contributed by atoms with E-state index >= 15 is 0 Å². The fourth-order valence-corrected chi connectivity index (χ4v) is 4.82. The largest absolute Gasteiger partial charge is 0.301 e. The Labute approximate surface area is 126 Å². The zero-order valence-electron chi connectivity index (χ0n) is 11.2. The number of rotatable bonds is 9. The van der Waals surface area contributed by atoms with Gasteiger partial charge in [0.15, 0.2) is 0 Å². The van der Waals surface area contributed by atoms with Crippen molar-refractivity contribution in [3.05, 3.63) is 0 Å². The Morgan fingerprint density at radius 1 is 1.31 bits per heavy atom. The molecule has 4 heteroatoms. The highest BCUT2D eigenvalue weighted by Gasteiger charge is 2.31. The maximum Gasteiger partial charge on any atom is 0.268 e. The number of nitrogens with two attached hydrogens (primary N) is 1. The first-order chi connectivity index (χ1) is 7.49. The van der Waals surface area contributed by atoms with E-state index in [1.807, 2.05) is 0 Å². The molecule has 0 radical (unpaired) electrons. The van der Waals surface area contributed by atoms with Crippen LogP contribution >= 0.6 is 22.6 Å². The van der Waals surface area contributed by atoms with Crippen LogP contribution in [0.2, 0.25) is 0 Å². The summed E-state index contributed by atoms with van der Waals surface area (Å²) in [5.41, 5.74) is 6.11. The third kappa shape index (κ3) is 5.82. The molecule has 2 N–H and O–H groups in total. The second kappa shape index (κ2) is 9.33. The van der Waals surface area contributed by atoms with Crippen LogP contribution < -0.4 is 26.9 Å². The van der Waals surface area contributed by atoms with Crippen molar-refractivity contribution in [1.82, 2.24) is 0 Å². The van der Waals surface area contributed by atoms with Crippen molar-refractivity contribution in [3.63, 3.8) is 0 Å². The van der Waals surface area contributed by atoms with E-state index in [0.29, 0.717) is 27.2 Å². The molecule has 2 nitrogen and oxygen atoms in total. The van der Waals surface area contributed by atoms with E-state index in [1.165, 1.54) is 28.1 Å². The molecule has 0 bridgehead atoms. The Bertz CT molecular complexity index is 176. The quantitative estimate of drug-likeness (QED) is 0.128. The van der Waals surface area contributed by atoms with Gasteiger partial charge in [-0.25, -0.2) is 0 Å². The summed E-state index contributed by atoms with van der Waals surface area (Å²) in [4.78, 5) is 0. The van der Waals surface area contributed by atoms with Gasteiger partial charge in [-0.1, -0.05) is 0 Å². The predicted molar refractivity (Wildman–Crippen MR) is 77.4 cm³/mol. The Hall–Kier alpha value is 1.38. The van der Waals surface area contributed by atoms with Crippen LogP contribution in [0, 0.1) is 0 Å². The Morgan fingerprint density at radius 2 is 1.94 bits per heavy atom. The van der Waals surface area contributed by atoms with Crippen molar-refractivity contribution in [2.75, 3.05) is 20.5 Å². The van der Waals surface area contributed by atoms with Gasteiger partial charge >= 0.3 is 0 Å². The summed E-state index contributed by atoms with van der Waals surface area (Å²) in [6.45, 7) is 6.81. The number of alkyl halides is 3. The van der Waals surface area contributed by atoms with Gasteiger partial charge in [-0.05, 0) is 55.7 Å². The van der Waals surface area contributed by atoms with Gasteiger partial charge in [0.25, 0.3) is 21.2 Å². The highest BCUT2D eigenvalue weighted by Crippen LogP contribution is 2.20. The van der Waals surface area contributed by atoms with Gasteiger partial charge in [0.2, 0.25) is 0 Å². The van der Waals surface area contributed by atoms with Crippen LogP contribution in [0.3, 0.4) is 0 Å². The molecule has 0 saturated heterocycles. The molecule has 0 rings (SSSR count). The fourth-order valence-electron chi connectivity index (χ4n) is 1.69. The summed E-state index contributed by atoms with van der Waals surface area (Å²) >= 11 is 2.99. The van der Waals surface area contributed by atoms with Crippen LogP contribution in [0.5, 0.6) is 0 Å². The van der Waals surface area contributed by atoms with Crippen molar-refractivity contribution in [3.8, 4) is 0 Å². The molecular weight excluding hydrogens is 426 g/mol. The number of quaternary nitrogens is 1. The van der Waals surface area contributed by atoms with Gasteiger partial charge in [-0.15, -0.1) is 0 Å². The van der Waals surface area contributed by atoms with E-state index in [1.54, 1.807) is 0 Å². The van der Waals surface area contributed by atoms with E-state index in [-0.39, 0.29) is 6.17 Å². The Kier molecular flexibility index (Phi) is 10.1. The van der Waals surface area contributed by atoms with Crippen molar-refractivity contribution in [1.29, 1.82) is 0 Å². The summed E-state index contributed by atoms with van der Waals surface area (Å²) in [5, 5.41) is 0. The lowest BCUT2D eigenvalue weighted by Crippen LogP contribution is -3.63. The van der Waals surface area contributed by atoms with Crippen molar-refractivity contribution < 1.29 is 25.7 Å². The lowest BCUT2D eigenvalue weighted by Gasteiger charge is -2.41. The molecule has 0 aliphatic carbocycles. The van der Waals surface area contributed by atoms with Gasteiger partial charge in [-0.2, -0.15) is 0 Å². The molecule has 3 unspecified atom stereocenters. The molecule has 0 heterocycles. The van der Waals surface area contributed by atoms with E-state index in [0.717, 1.165) is 9.03 Å². The number of nitrogens with zero attached hydrogens (tertiary/aromatic N) is 1. The van der Waals surface area contributed by atoms with Crippen LogP contribution in [-0.4, -0.2) is 37.1 Å².